The van der Waals surface area contributed by atoms with Crippen LogP contribution in [-0.2, 0) is 12.5 Å². The van der Waals surface area contributed by atoms with Gasteiger partial charge in [0.25, 0.3) is 0 Å². The van der Waals surface area contributed by atoms with Crippen LogP contribution in [0.5, 0.6) is 0 Å². The van der Waals surface area contributed by atoms with Gasteiger partial charge in [-0.2, -0.15) is 10.2 Å². The van der Waals surface area contributed by atoms with Crippen molar-refractivity contribution in [2.45, 2.75) is 37.3 Å². The van der Waals surface area contributed by atoms with Gasteiger partial charge in [-0.15, -0.1) is 0 Å². The first kappa shape index (κ1) is 21.5. The highest BCUT2D eigenvalue weighted by Gasteiger charge is 2.59. The highest BCUT2D eigenvalue weighted by Crippen LogP contribution is 2.60. The number of hydrogen-bond donors (Lipinski definition) is 3. The Hall–Kier alpha value is -3.98. The largest absolute Gasteiger partial charge is 0.390 e. The molecule has 2 aromatic carbocycles. The van der Waals surface area contributed by atoms with Crippen molar-refractivity contribution in [1.82, 2.24) is 24.9 Å². The Morgan fingerprint density at radius 1 is 1.20 bits per heavy atom. The molecule has 6 rings (SSSR count). The Balaban J connectivity index is 1.33. The molecule has 1 fully saturated rings. The van der Waals surface area contributed by atoms with Crippen molar-refractivity contribution in [3.63, 3.8) is 0 Å². The van der Waals surface area contributed by atoms with Crippen molar-refractivity contribution in [3.8, 4) is 16.9 Å². The molecule has 0 bridgehead atoms. The van der Waals surface area contributed by atoms with Crippen LogP contribution in [0.25, 0.3) is 16.9 Å². The first-order valence-corrected chi connectivity index (χ1v) is 11.6. The molecule has 2 atom stereocenters. The van der Waals surface area contributed by atoms with Crippen molar-refractivity contribution < 1.29 is 14.3 Å². The lowest BCUT2D eigenvalue weighted by Crippen LogP contribution is -2.39. The average Bonchev–Trinajstić information content (AvgIpc) is 3.39. The van der Waals surface area contributed by atoms with E-state index in [1.165, 1.54) is 12.1 Å². The highest BCUT2D eigenvalue weighted by molar-refractivity contribution is 5.91. The molecule has 0 saturated heterocycles. The number of aromatic nitrogens is 4. The number of rotatable bonds is 4. The molecule has 2 aliphatic carbocycles. The van der Waals surface area contributed by atoms with E-state index in [4.69, 9.17) is 5.10 Å². The number of amides is 2. The lowest BCUT2D eigenvalue weighted by Gasteiger charge is -2.21. The van der Waals surface area contributed by atoms with E-state index < -0.39 is 23.6 Å². The van der Waals surface area contributed by atoms with Gasteiger partial charge in [0, 0.05) is 29.8 Å². The lowest BCUT2D eigenvalue weighted by atomic mass is 9.96. The molecular weight excluding hydrogens is 447 g/mol. The van der Waals surface area contributed by atoms with Gasteiger partial charge in [0.1, 0.15) is 17.3 Å². The van der Waals surface area contributed by atoms with Gasteiger partial charge >= 0.3 is 6.03 Å². The Kier molecular flexibility index (Phi) is 4.79. The van der Waals surface area contributed by atoms with Gasteiger partial charge in [-0.1, -0.05) is 24.3 Å². The van der Waals surface area contributed by atoms with Crippen molar-refractivity contribution in [2.24, 2.45) is 7.05 Å². The summed E-state index contributed by atoms with van der Waals surface area (Å²) in [5, 5.41) is 25.9. The third-order valence-electron chi connectivity index (χ3n) is 7.18. The van der Waals surface area contributed by atoms with Crippen LogP contribution in [0.3, 0.4) is 0 Å². The van der Waals surface area contributed by atoms with Crippen LogP contribution in [0.4, 0.5) is 15.0 Å². The second-order valence-corrected chi connectivity index (χ2v) is 9.38. The Bertz CT molecular complexity index is 1440. The summed E-state index contributed by atoms with van der Waals surface area (Å²) in [6.45, 7) is 1.89. The SMILES string of the molecule is Cc1c(-c2cnn(C)c2)nn(-c2ccccc2)c1NC(=O)NC1c2ccc(F)cc2C2(CC2)C1O. The Morgan fingerprint density at radius 2 is 1.97 bits per heavy atom. The number of anilines is 1. The van der Waals surface area contributed by atoms with E-state index in [2.05, 4.69) is 15.7 Å². The smallest absolute Gasteiger partial charge is 0.320 e. The summed E-state index contributed by atoms with van der Waals surface area (Å²) in [6, 6.07) is 13.0. The van der Waals surface area contributed by atoms with E-state index in [1.54, 1.807) is 21.6 Å². The monoisotopic (exact) mass is 472 g/mol. The number of fused-ring (bicyclic) bond motifs is 2. The van der Waals surface area contributed by atoms with E-state index in [1.807, 2.05) is 50.5 Å². The number of aliphatic hydroxyl groups is 1. The van der Waals surface area contributed by atoms with Crippen LogP contribution in [0, 0.1) is 12.7 Å². The molecule has 2 amide bonds. The van der Waals surface area contributed by atoms with Crippen molar-refractivity contribution in [1.29, 1.82) is 0 Å². The van der Waals surface area contributed by atoms with Gasteiger partial charge in [-0.3, -0.25) is 10.00 Å². The zero-order valence-electron chi connectivity index (χ0n) is 19.4. The molecule has 0 radical (unpaired) electrons. The second kappa shape index (κ2) is 7.78. The van der Waals surface area contributed by atoms with Crippen LogP contribution < -0.4 is 10.6 Å². The van der Waals surface area contributed by atoms with Gasteiger partial charge in [-0.05, 0) is 55.2 Å². The summed E-state index contributed by atoms with van der Waals surface area (Å²) in [5.41, 5.74) is 4.20. The predicted molar refractivity (Wildman–Crippen MR) is 129 cm³/mol. The number of aryl methyl sites for hydroxylation is 1. The van der Waals surface area contributed by atoms with Crippen LogP contribution >= 0.6 is 0 Å². The van der Waals surface area contributed by atoms with Crippen molar-refractivity contribution in [3.05, 3.63) is 83.4 Å². The molecule has 2 aromatic heterocycles. The van der Waals surface area contributed by atoms with E-state index in [0.29, 0.717) is 11.5 Å². The fraction of sp³-hybridized carbons (Fsp3) is 0.269. The Morgan fingerprint density at radius 3 is 2.66 bits per heavy atom. The number of aliphatic hydroxyl groups excluding tert-OH is 1. The average molecular weight is 473 g/mol. The number of urea groups is 1. The molecular formula is C26H25FN6O2. The minimum Gasteiger partial charge on any atom is -0.390 e. The normalized spacial score (nSPS) is 19.5. The first-order chi connectivity index (χ1) is 16.9. The molecule has 2 aliphatic rings. The molecule has 2 unspecified atom stereocenters. The fourth-order valence-electron chi connectivity index (χ4n) is 5.24. The number of para-hydroxylation sites is 1. The topological polar surface area (TPSA) is 97.0 Å². The summed E-state index contributed by atoms with van der Waals surface area (Å²) >= 11 is 0. The maximum atomic E-state index is 13.9. The van der Waals surface area contributed by atoms with Gasteiger partial charge < -0.3 is 10.4 Å². The molecule has 3 N–H and O–H groups in total. The van der Waals surface area contributed by atoms with E-state index in [0.717, 1.165) is 40.8 Å². The van der Waals surface area contributed by atoms with Crippen molar-refractivity contribution >= 4 is 11.8 Å². The zero-order chi connectivity index (χ0) is 24.3. The molecule has 9 heteroatoms. The van der Waals surface area contributed by atoms with E-state index >= 15 is 0 Å². The molecule has 2 heterocycles. The number of hydrogen-bond acceptors (Lipinski definition) is 4. The van der Waals surface area contributed by atoms with Crippen LogP contribution in [0.1, 0.15) is 35.6 Å². The predicted octanol–water partition coefficient (Wildman–Crippen LogP) is 3.99. The quantitative estimate of drug-likeness (QED) is 0.418. The van der Waals surface area contributed by atoms with Crippen LogP contribution in [-0.4, -0.2) is 36.8 Å². The van der Waals surface area contributed by atoms with E-state index in [9.17, 15) is 14.3 Å². The number of carbonyl (C=O) groups is 1. The maximum absolute atomic E-state index is 13.9. The third-order valence-corrected chi connectivity index (χ3v) is 7.18. The minimum atomic E-state index is -0.809. The minimum absolute atomic E-state index is 0.336. The maximum Gasteiger partial charge on any atom is 0.320 e. The zero-order valence-corrected chi connectivity index (χ0v) is 19.4. The molecule has 4 aromatic rings. The third kappa shape index (κ3) is 3.42. The standard InChI is InChI=1S/C26H25FN6O2/c1-15-21(16-13-28-32(2)14-16)31-33(18-6-4-3-5-7-18)24(15)30-25(35)29-22-19-9-8-17(27)12-20(19)26(10-11-26)23(22)34/h3-9,12-14,22-23,34H,10-11H2,1-2H3,(H2,29,30,35). The summed E-state index contributed by atoms with van der Waals surface area (Å²) in [7, 11) is 1.84. The van der Waals surface area contributed by atoms with E-state index in [-0.39, 0.29) is 5.82 Å². The summed E-state index contributed by atoms with van der Waals surface area (Å²) < 4.78 is 17.3. The molecule has 8 nitrogen and oxygen atoms in total. The summed E-state index contributed by atoms with van der Waals surface area (Å²) in [4.78, 5) is 13.2. The van der Waals surface area contributed by atoms with Gasteiger partial charge in [-0.25, -0.2) is 13.9 Å². The lowest BCUT2D eigenvalue weighted by molar-refractivity contribution is 0.109. The van der Waals surface area contributed by atoms with Crippen LogP contribution in [0.15, 0.2) is 60.9 Å². The molecule has 178 valence electrons. The summed E-state index contributed by atoms with van der Waals surface area (Å²) in [6.07, 6.45) is 4.34. The molecule has 35 heavy (non-hydrogen) atoms. The molecule has 0 aliphatic heterocycles. The number of nitrogens with zero attached hydrogens (tertiary/aromatic N) is 4. The molecule has 1 saturated carbocycles. The Labute approximate surface area is 201 Å². The number of benzene rings is 2. The summed E-state index contributed by atoms with van der Waals surface area (Å²) in [5.74, 6) is 0.179. The van der Waals surface area contributed by atoms with Gasteiger partial charge in [0.05, 0.1) is 24.0 Å². The number of halogens is 1. The highest BCUT2D eigenvalue weighted by atomic mass is 19.1. The van der Waals surface area contributed by atoms with Crippen LogP contribution in [0.2, 0.25) is 0 Å². The number of carbonyl (C=O) groups excluding carboxylic acids is 1. The number of nitrogens with one attached hydrogen (secondary N) is 2. The van der Waals surface area contributed by atoms with Gasteiger partial charge in [0.15, 0.2) is 0 Å². The fourth-order valence-corrected chi connectivity index (χ4v) is 5.24. The van der Waals surface area contributed by atoms with Gasteiger partial charge in [0.2, 0.25) is 0 Å². The first-order valence-electron chi connectivity index (χ1n) is 11.6. The second-order valence-electron chi connectivity index (χ2n) is 9.38. The molecule has 1 spiro atoms. The van der Waals surface area contributed by atoms with Crippen molar-refractivity contribution in [2.75, 3.05) is 5.32 Å².